The molecule has 1 aliphatic rings. The first-order chi connectivity index (χ1) is 24.9. The molecule has 6 N–H and O–H groups in total. The number of nitrogens with one attached hydrogen (secondary N) is 2. The monoisotopic (exact) mass is 716 g/mol. The van der Waals surface area contributed by atoms with Gasteiger partial charge < -0.3 is 35.9 Å². The third kappa shape index (κ3) is 8.09. The van der Waals surface area contributed by atoms with Gasteiger partial charge in [0.1, 0.15) is 29.2 Å². The summed E-state index contributed by atoms with van der Waals surface area (Å²) in [5, 5.41) is 10.1. The van der Waals surface area contributed by atoms with Crippen molar-refractivity contribution in [3.63, 3.8) is 0 Å². The number of fused-ring (bicyclic) bond motifs is 1. The summed E-state index contributed by atoms with van der Waals surface area (Å²) in [5.41, 5.74) is 13.2. The van der Waals surface area contributed by atoms with Gasteiger partial charge in [0.2, 0.25) is 5.91 Å². The van der Waals surface area contributed by atoms with Crippen molar-refractivity contribution < 1.29 is 31.9 Å². The molecule has 1 aromatic heterocycles. The minimum atomic E-state index is -4.55. The lowest BCUT2D eigenvalue weighted by Gasteiger charge is -2.36. The summed E-state index contributed by atoms with van der Waals surface area (Å²) in [6, 6.07) is 21.4. The van der Waals surface area contributed by atoms with Crippen LogP contribution in [-0.4, -0.2) is 64.9 Å². The molecule has 0 aliphatic carbocycles. The number of hydrogen-bond acceptors (Lipinski definition) is 6. The summed E-state index contributed by atoms with van der Waals surface area (Å²) in [4.78, 5) is 35.4. The number of guanidine groups is 1. The molecule has 1 atom stereocenters. The maximum absolute atomic E-state index is 13.7. The van der Waals surface area contributed by atoms with Gasteiger partial charge in [-0.25, -0.2) is 9.37 Å². The lowest BCUT2D eigenvalue weighted by atomic mass is 10.1. The number of imidazole rings is 1. The number of aromatic nitrogens is 2. The number of nitrogens with zero attached hydrogens (tertiary/aromatic N) is 4. The van der Waals surface area contributed by atoms with Crippen LogP contribution in [0.15, 0.2) is 91.0 Å². The van der Waals surface area contributed by atoms with E-state index in [9.17, 15) is 27.2 Å². The van der Waals surface area contributed by atoms with Crippen LogP contribution in [0.2, 0.25) is 0 Å². The van der Waals surface area contributed by atoms with E-state index in [1.165, 1.54) is 24.3 Å². The Morgan fingerprint density at radius 3 is 2.27 bits per heavy atom. The molecule has 0 spiro atoms. The Kier molecular flexibility index (Phi) is 10.3. The van der Waals surface area contributed by atoms with Crippen molar-refractivity contribution in [3.05, 3.63) is 108 Å². The zero-order chi connectivity index (χ0) is 37.0. The summed E-state index contributed by atoms with van der Waals surface area (Å²) < 4.78 is 60.9. The summed E-state index contributed by atoms with van der Waals surface area (Å²) in [5.74, 6) is -0.834. The average Bonchev–Trinajstić information content (AvgIpc) is 3.50. The van der Waals surface area contributed by atoms with Gasteiger partial charge in [-0.3, -0.25) is 15.0 Å². The fourth-order valence-corrected chi connectivity index (χ4v) is 6.24. The van der Waals surface area contributed by atoms with Crippen LogP contribution in [0.4, 0.5) is 23.2 Å². The summed E-state index contributed by atoms with van der Waals surface area (Å²) in [6.07, 6.45) is -3.87. The molecule has 0 saturated carbocycles. The molecule has 4 aromatic carbocycles. The van der Waals surface area contributed by atoms with Crippen LogP contribution in [0.1, 0.15) is 34.8 Å². The Bertz CT molecular complexity index is 2090. The van der Waals surface area contributed by atoms with E-state index in [1.54, 1.807) is 64.1 Å². The van der Waals surface area contributed by atoms with Gasteiger partial charge in [0.15, 0.2) is 5.96 Å². The fraction of sp³-hybridized carbons (Fsp3) is 0.243. The van der Waals surface area contributed by atoms with Crippen LogP contribution in [-0.2, 0) is 11.0 Å². The second-order valence-electron chi connectivity index (χ2n) is 12.3. The van der Waals surface area contributed by atoms with Gasteiger partial charge in [0.25, 0.3) is 5.91 Å². The van der Waals surface area contributed by atoms with Gasteiger partial charge in [-0.1, -0.05) is 18.2 Å². The molecule has 6 rings (SSSR count). The number of nitrogens with two attached hydrogens (primary N) is 2. The van der Waals surface area contributed by atoms with Crippen molar-refractivity contribution >= 4 is 34.5 Å². The molecule has 52 heavy (non-hydrogen) atoms. The highest BCUT2D eigenvalue weighted by Crippen LogP contribution is 2.36. The fourth-order valence-electron chi connectivity index (χ4n) is 6.24. The molecule has 2 heterocycles. The van der Waals surface area contributed by atoms with Crippen LogP contribution in [0, 0.1) is 11.2 Å². The number of anilines is 1. The van der Waals surface area contributed by atoms with E-state index in [4.69, 9.17) is 26.6 Å². The summed E-state index contributed by atoms with van der Waals surface area (Å²) >= 11 is 0. The van der Waals surface area contributed by atoms with Crippen molar-refractivity contribution in [3.8, 4) is 22.9 Å². The Hall–Kier alpha value is -6.12. The number of alkyl halides is 3. The molecule has 0 unspecified atom stereocenters. The van der Waals surface area contributed by atoms with Gasteiger partial charge >= 0.3 is 6.18 Å². The van der Waals surface area contributed by atoms with E-state index in [2.05, 4.69) is 10.2 Å². The molecule has 11 nitrogen and oxygen atoms in total. The minimum absolute atomic E-state index is 0.0184. The Labute approximate surface area is 296 Å². The molecule has 270 valence electrons. The standard InChI is InChI=1S/C37H36F4N8O3/c38-26-10-12-27(13-11-26)47-16-18-48(19-17-47)35(51)24-9-14-31-30(21-24)46-34(49(31)32(33(42)50)8-3-15-45-36(43)44)23-4-1-6-28(20-23)52-29-7-2-5-25(22-29)37(39,40)41/h1-2,4-7,9-14,20-22,32H,3,8,15-19H2,(H2,42,50)(H4,43,44,45)/t32-/m0/s1. The molecule has 0 radical (unpaired) electrons. The Balaban J connectivity index is 1.32. The number of carbonyl (C=O) groups is 2. The Morgan fingerprint density at radius 2 is 1.60 bits per heavy atom. The maximum atomic E-state index is 13.7. The van der Waals surface area contributed by atoms with Crippen LogP contribution in [0.3, 0.4) is 0 Å². The zero-order valence-electron chi connectivity index (χ0n) is 27.9. The summed E-state index contributed by atoms with van der Waals surface area (Å²) in [6.45, 7) is 2.34. The second-order valence-corrected chi connectivity index (χ2v) is 12.3. The smallest absolute Gasteiger partial charge is 0.416 e. The van der Waals surface area contributed by atoms with Gasteiger partial charge in [-0.2, -0.15) is 13.2 Å². The topological polar surface area (TPSA) is 156 Å². The molecule has 15 heteroatoms. The number of rotatable bonds is 11. The summed E-state index contributed by atoms with van der Waals surface area (Å²) in [7, 11) is 0. The maximum Gasteiger partial charge on any atom is 0.416 e. The van der Waals surface area contributed by atoms with E-state index >= 15 is 0 Å². The third-order valence-electron chi connectivity index (χ3n) is 8.79. The van der Waals surface area contributed by atoms with Crippen LogP contribution < -0.4 is 26.4 Å². The first-order valence-electron chi connectivity index (χ1n) is 16.5. The molecule has 0 bridgehead atoms. The van der Waals surface area contributed by atoms with E-state index in [-0.39, 0.29) is 35.6 Å². The van der Waals surface area contributed by atoms with Gasteiger partial charge in [-0.15, -0.1) is 0 Å². The van der Waals surface area contributed by atoms with Gasteiger partial charge in [0, 0.05) is 49.5 Å². The predicted octanol–water partition coefficient (Wildman–Crippen LogP) is 5.91. The largest absolute Gasteiger partial charge is 0.457 e. The number of benzene rings is 4. The van der Waals surface area contributed by atoms with Crippen LogP contribution in [0.25, 0.3) is 22.4 Å². The van der Waals surface area contributed by atoms with Crippen molar-refractivity contribution in [2.75, 3.05) is 37.6 Å². The first kappa shape index (κ1) is 35.7. The number of primary amides is 1. The molecule has 5 aromatic rings. The first-order valence-corrected chi connectivity index (χ1v) is 16.5. The number of carbonyl (C=O) groups excluding carboxylic acids is 2. The zero-order valence-corrected chi connectivity index (χ0v) is 27.9. The predicted molar refractivity (Wildman–Crippen MR) is 189 cm³/mol. The van der Waals surface area contributed by atoms with Gasteiger partial charge in [0.05, 0.1) is 16.6 Å². The highest BCUT2D eigenvalue weighted by Gasteiger charge is 2.31. The van der Waals surface area contributed by atoms with E-state index in [1.807, 2.05) is 0 Å². The van der Waals surface area contributed by atoms with Crippen molar-refractivity contribution in [1.29, 1.82) is 5.41 Å². The Morgan fingerprint density at radius 1 is 0.904 bits per heavy atom. The van der Waals surface area contributed by atoms with E-state index in [0.29, 0.717) is 67.1 Å². The quantitative estimate of drug-likeness (QED) is 0.0574. The third-order valence-corrected chi connectivity index (χ3v) is 8.79. The minimum Gasteiger partial charge on any atom is -0.457 e. The highest BCUT2D eigenvalue weighted by atomic mass is 19.4. The average molecular weight is 717 g/mol. The molecule has 1 saturated heterocycles. The second kappa shape index (κ2) is 15.0. The van der Waals surface area contributed by atoms with Crippen molar-refractivity contribution in [2.24, 2.45) is 11.5 Å². The SMILES string of the molecule is N=C(N)NCCC[C@@H](C(N)=O)n1c(-c2cccc(Oc3cccc(C(F)(F)F)c3)c2)nc2cc(C(=O)N3CCN(c4ccc(F)cc4)CC3)ccc21. The molecule has 2 amide bonds. The van der Waals surface area contributed by atoms with Crippen molar-refractivity contribution in [1.82, 2.24) is 19.8 Å². The number of piperazine rings is 1. The number of amides is 2. The molecule has 1 fully saturated rings. The van der Waals surface area contributed by atoms with Crippen LogP contribution >= 0.6 is 0 Å². The molecular weight excluding hydrogens is 680 g/mol. The van der Waals surface area contributed by atoms with Crippen LogP contribution in [0.5, 0.6) is 11.5 Å². The van der Waals surface area contributed by atoms with Crippen molar-refractivity contribution in [2.45, 2.75) is 25.1 Å². The van der Waals surface area contributed by atoms with E-state index < -0.39 is 23.7 Å². The highest BCUT2D eigenvalue weighted by molar-refractivity contribution is 5.98. The molecular formula is C37H36F4N8O3. The number of ether oxygens (including phenoxy) is 1. The number of halogens is 4. The lowest BCUT2D eigenvalue weighted by Crippen LogP contribution is -2.48. The van der Waals surface area contributed by atoms with E-state index in [0.717, 1.165) is 17.8 Å². The molecule has 1 aliphatic heterocycles. The lowest BCUT2D eigenvalue weighted by molar-refractivity contribution is -0.137. The number of hydrogen-bond donors (Lipinski definition) is 4. The van der Waals surface area contributed by atoms with Gasteiger partial charge in [-0.05, 0) is 85.6 Å². The normalized spacial score (nSPS) is 13.9.